The minimum Gasteiger partial charge on any atom is -0.512 e. The van der Waals surface area contributed by atoms with Crippen LogP contribution in [0.3, 0.4) is 0 Å². The maximum atomic E-state index is 12.3. The monoisotopic (exact) mass is 787 g/mol. The molecule has 0 atom stereocenters. The van der Waals surface area contributed by atoms with Gasteiger partial charge in [-0.15, -0.1) is 34.2 Å². The Morgan fingerprint density at radius 1 is 0.800 bits per heavy atom. The van der Waals surface area contributed by atoms with E-state index in [0.717, 1.165) is 33.1 Å². The number of hydrogen-bond donors (Lipinski definition) is 1. The van der Waals surface area contributed by atoms with Gasteiger partial charge in [0.1, 0.15) is 0 Å². The second-order valence-electron chi connectivity index (χ2n) is 14.5. The number of aliphatic hydroxyl groups is 1. The van der Waals surface area contributed by atoms with E-state index in [1.165, 1.54) is 17.0 Å². The van der Waals surface area contributed by atoms with Gasteiger partial charge in [-0.25, -0.2) is 0 Å². The molecule has 0 aliphatic heterocycles. The van der Waals surface area contributed by atoms with E-state index < -0.39 is 0 Å². The number of hydrogen-bond acceptors (Lipinski definition) is 5. The van der Waals surface area contributed by atoms with Gasteiger partial charge in [0.25, 0.3) is 0 Å². The van der Waals surface area contributed by atoms with Crippen LogP contribution in [-0.2, 0) is 30.3 Å². The first-order valence-electron chi connectivity index (χ1n) is 16.0. The molecule has 5 nitrogen and oxygen atoms in total. The molecule has 0 spiro atoms. The van der Waals surface area contributed by atoms with E-state index in [0.29, 0.717) is 23.7 Å². The molecule has 0 fully saturated rings. The minimum absolute atomic E-state index is 0. The third-order valence-corrected chi connectivity index (χ3v) is 8.45. The zero-order valence-corrected chi connectivity index (χ0v) is 31.6. The summed E-state index contributed by atoms with van der Waals surface area (Å²) in [6.07, 6.45) is 1.48. The number of rotatable bonds is 8. The molecule has 4 aromatic rings. The number of aromatic nitrogens is 3. The second-order valence-corrected chi connectivity index (χ2v) is 14.5. The first-order valence-corrected chi connectivity index (χ1v) is 16.0. The molecule has 6 heteroatoms. The number of carbonyl (C=O) groups excluding carboxylic acids is 1. The van der Waals surface area contributed by atoms with E-state index in [4.69, 9.17) is 0 Å². The molecule has 0 amide bonds. The first-order chi connectivity index (χ1) is 20.5. The zero-order chi connectivity index (χ0) is 32.9. The van der Waals surface area contributed by atoms with Crippen LogP contribution in [0.15, 0.2) is 60.4 Å². The van der Waals surface area contributed by atoms with Crippen molar-refractivity contribution in [2.75, 3.05) is 0 Å². The fourth-order valence-electron chi connectivity index (χ4n) is 6.54. The smallest absolute Gasteiger partial charge is 0.162 e. The van der Waals surface area contributed by atoms with Crippen molar-refractivity contribution in [3.63, 3.8) is 0 Å². The van der Waals surface area contributed by atoms with Gasteiger partial charge in [-0.1, -0.05) is 129 Å². The van der Waals surface area contributed by atoms with Crippen molar-refractivity contribution in [3.8, 4) is 11.3 Å². The van der Waals surface area contributed by atoms with Crippen molar-refractivity contribution in [1.29, 1.82) is 0 Å². The van der Waals surface area contributed by atoms with Crippen LogP contribution >= 0.6 is 0 Å². The van der Waals surface area contributed by atoms with E-state index in [9.17, 15) is 9.90 Å². The number of aliphatic hydroxyl groups excluding tert-OH is 1. The van der Waals surface area contributed by atoms with Crippen molar-refractivity contribution in [2.45, 2.75) is 88.5 Å². The number of ketones is 1. The van der Waals surface area contributed by atoms with Gasteiger partial charge in [0.05, 0.1) is 11.3 Å². The van der Waals surface area contributed by atoms with Crippen molar-refractivity contribution in [2.24, 2.45) is 35.5 Å². The molecule has 1 radical (unpaired) electrons. The molecule has 0 bridgehead atoms. The van der Waals surface area contributed by atoms with Crippen molar-refractivity contribution >= 4 is 27.5 Å². The molecule has 245 valence electrons. The average Bonchev–Trinajstić information content (AvgIpc) is 2.91. The second kappa shape index (κ2) is 16.0. The topological polar surface area (TPSA) is 76.0 Å². The molecule has 0 saturated carbocycles. The summed E-state index contributed by atoms with van der Waals surface area (Å²) in [5, 5.41) is 26.2. The average molecular weight is 787 g/mol. The molecule has 0 aliphatic carbocycles. The van der Waals surface area contributed by atoms with Gasteiger partial charge in [0, 0.05) is 43.7 Å². The van der Waals surface area contributed by atoms with Crippen molar-refractivity contribution < 1.29 is 30.0 Å². The molecule has 0 unspecified atom stereocenters. The van der Waals surface area contributed by atoms with Crippen LogP contribution in [0.5, 0.6) is 0 Å². The summed E-state index contributed by atoms with van der Waals surface area (Å²) >= 11 is 0. The van der Waals surface area contributed by atoms with Gasteiger partial charge < -0.3 is 5.11 Å². The molecule has 1 aromatic heterocycles. The summed E-state index contributed by atoms with van der Waals surface area (Å²) < 4.78 is 0. The van der Waals surface area contributed by atoms with Gasteiger partial charge in [0.2, 0.25) is 0 Å². The number of allylic oxidation sites excluding steroid dienone is 2. The van der Waals surface area contributed by atoms with Gasteiger partial charge in [-0.05, 0) is 47.0 Å². The summed E-state index contributed by atoms with van der Waals surface area (Å²) in [5.74, 6) is 1.63. The third-order valence-electron chi connectivity index (χ3n) is 8.45. The molecule has 0 aliphatic rings. The fraction of sp³-hybridized carbons (Fsp3) is 0.487. The van der Waals surface area contributed by atoms with Crippen LogP contribution in [0, 0.1) is 48.5 Å². The standard InChI is InChI=1S/C22H20N3.C17H32O2.Ir/c1-14-8-7-11-18-20(14)23-25-24-21(18)16-12-15-9-5-6-10-17(15)19(13-16)22(2,3)4;1-10(2)16(11(3)4)14(18)9-15(19)17(12(5)6)13(7)8;/h5-11,13H,1-4H3;9-13,16-18H,1-8H3;/q-1;;/b;14-9-;. The molecule has 45 heavy (non-hydrogen) atoms. The fourth-order valence-corrected chi connectivity index (χ4v) is 6.54. The van der Waals surface area contributed by atoms with Crippen LogP contribution in [0.4, 0.5) is 0 Å². The predicted molar refractivity (Wildman–Crippen MR) is 185 cm³/mol. The van der Waals surface area contributed by atoms with E-state index in [1.807, 2.05) is 19.1 Å². The van der Waals surface area contributed by atoms with Crippen molar-refractivity contribution in [1.82, 2.24) is 15.4 Å². The number of carbonyl (C=O) groups is 1. The minimum atomic E-state index is -0.0119. The Bertz CT molecular complexity index is 1600. The van der Waals surface area contributed by atoms with Gasteiger partial charge >= 0.3 is 0 Å². The Labute approximate surface area is 284 Å². The van der Waals surface area contributed by atoms with Gasteiger partial charge in [0.15, 0.2) is 5.78 Å². The van der Waals surface area contributed by atoms with E-state index >= 15 is 0 Å². The summed E-state index contributed by atoms with van der Waals surface area (Å²) in [6, 6.07) is 20.3. The van der Waals surface area contributed by atoms with E-state index in [1.54, 1.807) is 0 Å². The summed E-state index contributed by atoms with van der Waals surface area (Å²) in [4.78, 5) is 12.3. The summed E-state index contributed by atoms with van der Waals surface area (Å²) in [7, 11) is 0. The number of benzene rings is 3. The predicted octanol–water partition coefficient (Wildman–Crippen LogP) is 10.1. The Morgan fingerprint density at radius 3 is 1.91 bits per heavy atom. The van der Waals surface area contributed by atoms with Gasteiger partial charge in [-0.3, -0.25) is 4.79 Å². The Hall–Kier alpha value is -2.95. The third kappa shape index (κ3) is 9.30. The zero-order valence-electron chi connectivity index (χ0n) is 29.2. The molecule has 4 rings (SSSR count). The van der Waals surface area contributed by atoms with Crippen LogP contribution in [0.1, 0.15) is 87.3 Å². The molecule has 0 saturated heterocycles. The van der Waals surface area contributed by atoms with Crippen LogP contribution in [0.25, 0.3) is 32.9 Å². The van der Waals surface area contributed by atoms with Crippen LogP contribution in [0.2, 0.25) is 0 Å². The van der Waals surface area contributed by atoms with Crippen LogP contribution < -0.4 is 0 Å². The Morgan fingerprint density at radius 2 is 1.36 bits per heavy atom. The number of aryl methyl sites for hydroxylation is 1. The maximum absolute atomic E-state index is 12.3. The summed E-state index contributed by atoms with van der Waals surface area (Å²) in [6.45, 7) is 25.4. The molecule has 1 heterocycles. The molecular formula is C39H52IrN3O2-. The number of fused-ring (bicyclic) bond motifs is 2. The van der Waals surface area contributed by atoms with Crippen molar-refractivity contribution in [3.05, 3.63) is 77.6 Å². The van der Waals surface area contributed by atoms with Crippen LogP contribution in [-0.4, -0.2) is 26.3 Å². The largest absolute Gasteiger partial charge is 0.512 e. The molecule has 3 aromatic carbocycles. The van der Waals surface area contributed by atoms with E-state index in [2.05, 4.69) is 134 Å². The number of nitrogens with zero attached hydrogens (tertiary/aromatic N) is 3. The Balaban J connectivity index is 0.000000321. The SMILES string of the molecule is CC(C)C(C(=O)/C=C(\O)C(C(C)C)C(C)C)C(C)C.Cc1cccc2c(-c3[c-]c4ccccc4c(C(C)(C)C)c3)nnnc12.[Ir]. The van der Waals surface area contributed by atoms with Gasteiger partial charge in [-0.2, -0.15) is 5.10 Å². The first kappa shape index (κ1) is 38.2. The van der Waals surface area contributed by atoms with E-state index in [-0.39, 0.29) is 48.9 Å². The Kier molecular flexibility index (Phi) is 13.6. The molecule has 1 N–H and O–H groups in total. The molecular weight excluding hydrogens is 735 g/mol. The maximum Gasteiger partial charge on any atom is 0.162 e. The quantitative estimate of drug-likeness (QED) is 0.109. The summed E-state index contributed by atoms with van der Waals surface area (Å²) in [5.41, 5.74) is 5.11. The normalized spacial score (nSPS) is 12.4.